The Morgan fingerprint density at radius 1 is 1.18 bits per heavy atom. The maximum Gasteiger partial charge on any atom is 0.263 e. The fourth-order valence-electron chi connectivity index (χ4n) is 1.93. The maximum atomic E-state index is 12.9. The summed E-state index contributed by atoms with van der Waals surface area (Å²) < 4.78 is 17.8. The van der Waals surface area contributed by atoms with E-state index >= 15 is 0 Å². The van der Waals surface area contributed by atoms with Crippen LogP contribution in [0.4, 0.5) is 16.0 Å². The first-order valence-corrected chi connectivity index (χ1v) is 6.38. The third kappa shape index (κ3) is 2.64. The third-order valence-corrected chi connectivity index (χ3v) is 2.96. The Kier molecular flexibility index (Phi) is 3.53. The number of amides is 1. The molecule has 1 amide bonds. The van der Waals surface area contributed by atoms with Gasteiger partial charge in [-0.3, -0.25) is 9.78 Å². The maximum absolute atomic E-state index is 12.9. The van der Waals surface area contributed by atoms with E-state index in [1.165, 1.54) is 24.3 Å². The third-order valence-electron chi connectivity index (χ3n) is 2.96. The quantitative estimate of drug-likeness (QED) is 0.775. The number of anilines is 2. The van der Waals surface area contributed by atoms with E-state index in [4.69, 9.17) is 10.3 Å². The van der Waals surface area contributed by atoms with Crippen molar-refractivity contribution >= 4 is 17.5 Å². The van der Waals surface area contributed by atoms with Crippen molar-refractivity contribution in [3.05, 3.63) is 60.0 Å². The number of rotatable bonds is 3. The van der Waals surface area contributed by atoms with Crippen LogP contribution in [0.1, 0.15) is 10.4 Å². The molecule has 0 saturated carbocycles. The molecule has 0 aliphatic carbocycles. The average molecular weight is 298 g/mol. The highest BCUT2D eigenvalue weighted by molar-refractivity contribution is 6.10. The van der Waals surface area contributed by atoms with E-state index in [9.17, 15) is 9.18 Å². The highest BCUT2D eigenvalue weighted by Crippen LogP contribution is 2.26. The van der Waals surface area contributed by atoms with Crippen LogP contribution in [0.25, 0.3) is 11.4 Å². The molecular formula is C15H11FN4O2. The van der Waals surface area contributed by atoms with E-state index in [1.807, 2.05) is 0 Å². The number of aromatic nitrogens is 2. The molecule has 6 nitrogen and oxygen atoms in total. The van der Waals surface area contributed by atoms with Gasteiger partial charge in [0, 0.05) is 11.9 Å². The van der Waals surface area contributed by atoms with Gasteiger partial charge in [-0.1, -0.05) is 11.2 Å². The standard InChI is InChI=1S/C15H11FN4O2/c16-9-4-6-10(7-5-9)19-15(21)12-13(20-22-14(12)17)11-3-1-2-8-18-11/h1-8H,17H2,(H,19,21). The van der Waals surface area contributed by atoms with E-state index in [2.05, 4.69) is 15.5 Å². The molecule has 2 aromatic heterocycles. The number of hydrogen-bond acceptors (Lipinski definition) is 5. The van der Waals surface area contributed by atoms with Crippen molar-refractivity contribution in [1.29, 1.82) is 0 Å². The first-order chi connectivity index (χ1) is 10.6. The van der Waals surface area contributed by atoms with Crippen LogP contribution in [0.3, 0.4) is 0 Å². The van der Waals surface area contributed by atoms with Crippen LogP contribution in [0.5, 0.6) is 0 Å². The summed E-state index contributed by atoms with van der Waals surface area (Å²) in [6, 6.07) is 10.6. The minimum absolute atomic E-state index is 0.0861. The van der Waals surface area contributed by atoms with Crippen molar-refractivity contribution in [2.45, 2.75) is 0 Å². The molecule has 22 heavy (non-hydrogen) atoms. The fourth-order valence-corrected chi connectivity index (χ4v) is 1.93. The predicted octanol–water partition coefficient (Wildman–Crippen LogP) is 2.71. The van der Waals surface area contributed by atoms with Gasteiger partial charge >= 0.3 is 0 Å². The molecule has 3 N–H and O–H groups in total. The second-order valence-corrected chi connectivity index (χ2v) is 4.45. The highest BCUT2D eigenvalue weighted by Gasteiger charge is 2.23. The molecule has 3 aromatic rings. The second kappa shape index (κ2) is 5.65. The molecule has 0 aliphatic heterocycles. The fraction of sp³-hybridized carbons (Fsp3) is 0. The summed E-state index contributed by atoms with van der Waals surface area (Å²) >= 11 is 0. The SMILES string of the molecule is Nc1onc(-c2ccccn2)c1C(=O)Nc1ccc(F)cc1. The number of pyridine rings is 1. The van der Waals surface area contributed by atoms with Gasteiger partial charge < -0.3 is 15.6 Å². The molecule has 2 heterocycles. The Morgan fingerprint density at radius 3 is 2.64 bits per heavy atom. The number of halogens is 1. The Hall–Kier alpha value is -3.22. The van der Waals surface area contributed by atoms with Gasteiger partial charge in [0.15, 0.2) is 0 Å². The zero-order valence-electron chi connectivity index (χ0n) is 11.3. The van der Waals surface area contributed by atoms with Crippen LogP contribution in [-0.4, -0.2) is 16.0 Å². The Morgan fingerprint density at radius 2 is 1.95 bits per heavy atom. The average Bonchev–Trinajstić information content (AvgIpc) is 2.92. The summed E-state index contributed by atoms with van der Waals surface area (Å²) in [5.41, 5.74) is 6.91. The second-order valence-electron chi connectivity index (χ2n) is 4.45. The molecule has 110 valence electrons. The normalized spacial score (nSPS) is 10.4. The molecule has 0 spiro atoms. The van der Waals surface area contributed by atoms with Gasteiger partial charge in [0.25, 0.3) is 5.91 Å². The van der Waals surface area contributed by atoms with Gasteiger partial charge in [0.2, 0.25) is 5.88 Å². The molecule has 0 aliphatic rings. The van der Waals surface area contributed by atoms with Crippen molar-refractivity contribution in [2.24, 2.45) is 0 Å². The molecule has 0 bridgehead atoms. The van der Waals surface area contributed by atoms with Crippen molar-refractivity contribution < 1.29 is 13.7 Å². The summed E-state index contributed by atoms with van der Waals surface area (Å²) in [5.74, 6) is -1.01. The molecule has 0 fully saturated rings. The first kappa shape index (κ1) is 13.7. The van der Waals surface area contributed by atoms with Crippen molar-refractivity contribution in [3.63, 3.8) is 0 Å². The lowest BCUT2D eigenvalue weighted by molar-refractivity contribution is 0.102. The molecule has 7 heteroatoms. The molecule has 1 aromatic carbocycles. The number of carbonyl (C=O) groups is 1. The van der Waals surface area contributed by atoms with Gasteiger partial charge in [0.1, 0.15) is 17.1 Å². The summed E-state index contributed by atoms with van der Waals surface area (Å²) in [7, 11) is 0. The Balaban J connectivity index is 1.93. The highest BCUT2D eigenvalue weighted by atomic mass is 19.1. The molecular weight excluding hydrogens is 287 g/mol. The van der Waals surface area contributed by atoms with E-state index in [0.717, 1.165) is 0 Å². The summed E-state index contributed by atoms with van der Waals surface area (Å²) in [4.78, 5) is 16.5. The van der Waals surface area contributed by atoms with Gasteiger partial charge in [-0.25, -0.2) is 4.39 Å². The van der Waals surface area contributed by atoms with Gasteiger partial charge in [-0.2, -0.15) is 0 Å². The smallest absolute Gasteiger partial charge is 0.263 e. The van der Waals surface area contributed by atoms with Crippen LogP contribution >= 0.6 is 0 Å². The van der Waals surface area contributed by atoms with Crippen LogP contribution in [0.2, 0.25) is 0 Å². The van der Waals surface area contributed by atoms with E-state index < -0.39 is 11.7 Å². The number of nitrogen functional groups attached to an aromatic ring is 1. The van der Waals surface area contributed by atoms with Crippen molar-refractivity contribution in [2.75, 3.05) is 11.1 Å². The molecule has 0 radical (unpaired) electrons. The lowest BCUT2D eigenvalue weighted by Gasteiger charge is -2.05. The van der Waals surface area contributed by atoms with Gasteiger partial charge in [-0.05, 0) is 36.4 Å². The van der Waals surface area contributed by atoms with Crippen molar-refractivity contribution in [3.8, 4) is 11.4 Å². The molecule has 0 unspecified atom stereocenters. The number of benzene rings is 1. The largest absolute Gasteiger partial charge is 0.367 e. The number of carbonyl (C=O) groups excluding carboxylic acids is 1. The van der Waals surface area contributed by atoms with E-state index in [-0.39, 0.29) is 17.1 Å². The monoisotopic (exact) mass is 298 g/mol. The first-order valence-electron chi connectivity index (χ1n) is 6.38. The lowest BCUT2D eigenvalue weighted by atomic mass is 10.1. The summed E-state index contributed by atoms with van der Waals surface area (Å²) in [6.07, 6.45) is 1.57. The number of nitrogens with two attached hydrogens (primary N) is 1. The minimum atomic E-state index is -0.508. The van der Waals surface area contributed by atoms with Gasteiger partial charge in [0.05, 0.1) is 5.69 Å². The lowest BCUT2D eigenvalue weighted by Crippen LogP contribution is -2.14. The zero-order valence-corrected chi connectivity index (χ0v) is 11.3. The number of nitrogens with one attached hydrogen (secondary N) is 1. The molecule has 0 atom stereocenters. The molecule has 3 rings (SSSR count). The van der Waals surface area contributed by atoms with Crippen molar-refractivity contribution in [1.82, 2.24) is 10.1 Å². The predicted molar refractivity (Wildman–Crippen MR) is 78.5 cm³/mol. The van der Waals surface area contributed by atoms with Crippen LogP contribution in [-0.2, 0) is 0 Å². The molecule has 0 saturated heterocycles. The number of hydrogen-bond donors (Lipinski definition) is 2. The Labute approximate surface area is 124 Å². The topological polar surface area (TPSA) is 94.0 Å². The van der Waals surface area contributed by atoms with Crippen LogP contribution < -0.4 is 11.1 Å². The van der Waals surface area contributed by atoms with Crippen LogP contribution in [0.15, 0.2) is 53.2 Å². The van der Waals surface area contributed by atoms with E-state index in [0.29, 0.717) is 11.4 Å². The minimum Gasteiger partial charge on any atom is -0.367 e. The number of nitrogens with zero attached hydrogens (tertiary/aromatic N) is 2. The Bertz CT molecular complexity index is 800. The summed E-state index contributed by atoms with van der Waals surface area (Å²) in [6.45, 7) is 0. The zero-order chi connectivity index (χ0) is 15.5. The van der Waals surface area contributed by atoms with Gasteiger partial charge in [-0.15, -0.1) is 0 Å². The van der Waals surface area contributed by atoms with Crippen LogP contribution in [0, 0.1) is 5.82 Å². The van der Waals surface area contributed by atoms with E-state index in [1.54, 1.807) is 24.4 Å². The summed E-state index contributed by atoms with van der Waals surface area (Å²) in [5, 5.41) is 6.39.